The van der Waals surface area contributed by atoms with Crippen LogP contribution in [0.3, 0.4) is 0 Å². The Morgan fingerprint density at radius 1 is 1.25 bits per heavy atom. The first-order valence-electron chi connectivity index (χ1n) is 8.39. The first-order valence-corrected chi connectivity index (χ1v) is 8.39. The molecular weight excluding hydrogens is 304 g/mol. The molecule has 4 rings (SSSR count). The highest BCUT2D eigenvalue weighted by atomic mass is 16.2. The van der Waals surface area contributed by atoms with Gasteiger partial charge in [-0.2, -0.15) is 0 Å². The number of H-pyrrole nitrogens is 1. The van der Waals surface area contributed by atoms with E-state index in [4.69, 9.17) is 0 Å². The van der Waals surface area contributed by atoms with Crippen LogP contribution in [-0.4, -0.2) is 38.4 Å². The van der Waals surface area contributed by atoms with Crippen LogP contribution in [0.25, 0.3) is 21.9 Å². The van der Waals surface area contributed by atoms with E-state index in [0.717, 1.165) is 41.4 Å². The zero-order valence-electron chi connectivity index (χ0n) is 13.7. The third kappa shape index (κ3) is 2.48. The summed E-state index contributed by atoms with van der Waals surface area (Å²) in [6.45, 7) is 4.14. The second-order valence-corrected chi connectivity index (χ2v) is 6.48. The predicted molar refractivity (Wildman–Crippen MR) is 93.0 cm³/mol. The van der Waals surface area contributed by atoms with Crippen LogP contribution in [0, 0.1) is 6.92 Å². The molecule has 1 N–H and O–H groups in total. The van der Waals surface area contributed by atoms with Crippen LogP contribution in [-0.2, 0) is 11.3 Å². The van der Waals surface area contributed by atoms with Gasteiger partial charge in [-0.05, 0) is 31.9 Å². The van der Waals surface area contributed by atoms with Crippen molar-refractivity contribution in [3.8, 4) is 0 Å². The molecule has 124 valence electrons. The minimum Gasteiger partial charge on any atom is -0.349 e. The van der Waals surface area contributed by atoms with Crippen molar-refractivity contribution in [2.24, 2.45) is 0 Å². The molecule has 0 saturated carbocycles. The maximum atomic E-state index is 12.7. The normalized spacial score (nSPS) is 15.0. The van der Waals surface area contributed by atoms with Gasteiger partial charge in [0.1, 0.15) is 11.0 Å². The van der Waals surface area contributed by atoms with Gasteiger partial charge in [0.05, 0.1) is 6.33 Å². The summed E-state index contributed by atoms with van der Waals surface area (Å²) in [5.41, 5.74) is 3.30. The summed E-state index contributed by atoms with van der Waals surface area (Å²) >= 11 is 0. The van der Waals surface area contributed by atoms with Gasteiger partial charge in [-0.25, -0.2) is 4.98 Å². The SMILES string of the molecule is Cc1ccc2[nH]c3c(=O)n(CCCN4CCCC4=O)cnc3c2c1. The van der Waals surface area contributed by atoms with Gasteiger partial charge >= 0.3 is 0 Å². The minimum absolute atomic E-state index is 0.0541. The van der Waals surface area contributed by atoms with Gasteiger partial charge in [0, 0.05) is 37.0 Å². The van der Waals surface area contributed by atoms with Gasteiger partial charge in [-0.1, -0.05) is 11.6 Å². The largest absolute Gasteiger partial charge is 0.349 e. The third-order valence-electron chi connectivity index (χ3n) is 4.73. The summed E-state index contributed by atoms with van der Waals surface area (Å²) in [5.74, 6) is 0.224. The lowest BCUT2D eigenvalue weighted by Gasteiger charge is -2.15. The average molecular weight is 324 g/mol. The average Bonchev–Trinajstić information content (AvgIpc) is 3.14. The highest BCUT2D eigenvalue weighted by molar-refractivity contribution is 6.04. The monoisotopic (exact) mass is 324 g/mol. The number of aryl methyl sites for hydroxylation is 2. The Morgan fingerprint density at radius 2 is 2.12 bits per heavy atom. The molecular formula is C18H20N4O2. The number of likely N-dealkylation sites (tertiary alicyclic amines) is 1. The van der Waals surface area contributed by atoms with Crippen molar-refractivity contribution in [3.05, 3.63) is 40.4 Å². The molecule has 1 aliphatic rings. The third-order valence-corrected chi connectivity index (χ3v) is 4.73. The van der Waals surface area contributed by atoms with Gasteiger partial charge in [0.15, 0.2) is 0 Å². The smallest absolute Gasteiger partial charge is 0.277 e. The number of nitrogens with one attached hydrogen (secondary N) is 1. The minimum atomic E-state index is -0.0541. The molecule has 0 unspecified atom stereocenters. The van der Waals surface area contributed by atoms with Crippen molar-refractivity contribution in [1.29, 1.82) is 0 Å². The highest BCUT2D eigenvalue weighted by Gasteiger charge is 2.19. The first kappa shape index (κ1) is 14.9. The molecule has 6 heteroatoms. The lowest BCUT2D eigenvalue weighted by molar-refractivity contribution is -0.127. The fourth-order valence-corrected chi connectivity index (χ4v) is 3.44. The molecule has 24 heavy (non-hydrogen) atoms. The van der Waals surface area contributed by atoms with E-state index >= 15 is 0 Å². The lowest BCUT2D eigenvalue weighted by Crippen LogP contribution is -2.28. The Balaban J connectivity index is 1.60. The zero-order chi connectivity index (χ0) is 16.7. The van der Waals surface area contributed by atoms with Crippen molar-refractivity contribution in [1.82, 2.24) is 19.4 Å². The lowest BCUT2D eigenvalue weighted by atomic mass is 10.2. The van der Waals surface area contributed by atoms with E-state index in [0.29, 0.717) is 25.0 Å². The number of carbonyl (C=O) groups is 1. The van der Waals surface area contributed by atoms with E-state index in [9.17, 15) is 9.59 Å². The van der Waals surface area contributed by atoms with E-state index in [1.165, 1.54) is 0 Å². The van der Waals surface area contributed by atoms with E-state index in [-0.39, 0.29) is 11.5 Å². The molecule has 1 fully saturated rings. The topological polar surface area (TPSA) is 71.0 Å². The number of hydrogen-bond donors (Lipinski definition) is 1. The number of benzene rings is 1. The summed E-state index contributed by atoms with van der Waals surface area (Å²) < 4.78 is 1.63. The van der Waals surface area contributed by atoms with Gasteiger partial charge < -0.3 is 9.88 Å². The Hall–Kier alpha value is -2.63. The van der Waals surface area contributed by atoms with E-state index < -0.39 is 0 Å². The molecule has 0 radical (unpaired) electrons. The molecule has 0 bridgehead atoms. The zero-order valence-corrected chi connectivity index (χ0v) is 13.7. The first-order chi connectivity index (χ1) is 11.6. The number of nitrogens with zero attached hydrogens (tertiary/aromatic N) is 3. The van der Waals surface area contributed by atoms with Gasteiger partial charge in [0.2, 0.25) is 5.91 Å². The van der Waals surface area contributed by atoms with Crippen molar-refractivity contribution in [2.45, 2.75) is 32.7 Å². The van der Waals surface area contributed by atoms with Crippen LogP contribution < -0.4 is 5.56 Å². The van der Waals surface area contributed by atoms with Crippen LogP contribution in [0.15, 0.2) is 29.3 Å². The van der Waals surface area contributed by atoms with E-state index in [1.54, 1.807) is 10.9 Å². The number of amides is 1. The summed E-state index contributed by atoms with van der Waals surface area (Å²) in [4.78, 5) is 33.9. The fourth-order valence-electron chi connectivity index (χ4n) is 3.44. The summed E-state index contributed by atoms with van der Waals surface area (Å²) in [7, 11) is 0. The number of carbonyl (C=O) groups excluding carboxylic acids is 1. The summed E-state index contributed by atoms with van der Waals surface area (Å²) in [5, 5.41) is 0.983. The fraction of sp³-hybridized carbons (Fsp3) is 0.389. The molecule has 0 aliphatic carbocycles. The molecule has 0 atom stereocenters. The summed E-state index contributed by atoms with van der Waals surface area (Å²) in [6.07, 6.45) is 3.98. The predicted octanol–water partition coefficient (Wildman–Crippen LogP) is 2.20. The van der Waals surface area contributed by atoms with Crippen LogP contribution in [0.1, 0.15) is 24.8 Å². The molecule has 0 spiro atoms. The molecule has 3 heterocycles. The van der Waals surface area contributed by atoms with Crippen LogP contribution >= 0.6 is 0 Å². The van der Waals surface area contributed by atoms with Gasteiger partial charge in [-0.3, -0.25) is 14.2 Å². The molecule has 2 aromatic heterocycles. The van der Waals surface area contributed by atoms with Crippen LogP contribution in [0.4, 0.5) is 0 Å². The molecule has 1 aromatic carbocycles. The standard InChI is InChI=1S/C18H20N4O2/c1-12-5-6-14-13(10-12)16-17(20-14)18(24)22(11-19-16)9-3-8-21-7-2-4-15(21)23/h5-6,10-11,20H,2-4,7-9H2,1H3. The molecule has 1 aliphatic heterocycles. The Bertz CT molecular complexity index is 986. The van der Waals surface area contributed by atoms with E-state index in [2.05, 4.69) is 9.97 Å². The van der Waals surface area contributed by atoms with Gasteiger partial charge in [0.25, 0.3) is 5.56 Å². The quantitative estimate of drug-likeness (QED) is 0.800. The van der Waals surface area contributed by atoms with Crippen LogP contribution in [0.5, 0.6) is 0 Å². The number of fused-ring (bicyclic) bond motifs is 3. The second-order valence-electron chi connectivity index (χ2n) is 6.48. The molecule has 1 saturated heterocycles. The number of aromatic nitrogens is 3. The maximum Gasteiger partial charge on any atom is 0.277 e. The molecule has 6 nitrogen and oxygen atoms in total. The second kappa shape index (κ2) is 5.78. The summed E-state index contributed by atoms with van der Waals surface area (Å²) in [6, 6.07) is 6.04. The number of rotatable bonds is 4. The highest BCUT2D eigenvalue weighted by Crippen LogP contribution is 2.22. The number of hydrogen-bond acceptors (Lipinski definition) is 3. The van der Waals surface area contributed by atoms with Crippen molar-refractivity contribution in [3.63, 3.8) is 0 Å². The van der Waals surface area contributed by atoms with Crippen molar-refractivity contribution in [2.75, 3.05) is 13.1 Å². The van der Waals surface area contributed by atoms with Crippen molar-refractivity contribution >= 4 is 27.8 Å². The number of aromatic amines is 1. The Morgan fingerprint density at radius 3 is 2.92 bits per heavy atom. The van der Waals surface area contributed by atoms with Crippen LogP contribution in [0.2, 0.25) is 0 Å². The van der Waals surface area contributed by atoms with E-state index in [1.807, 2.05) is 30.0 Å². The Kier molecular flexibility index (Phi) is 3.59. The van der Waals surface area contributed by atoms with Gasteiger partial charge in [-0.15, -0.1) is 0 Å². The Labute approximate surface area is 139 Å². The maximum absolute atomic E-state index is 12.7. The molecule has 1 amide bonds. The molecule has 3 aromatic rings. The van der Waals surface area contributed by atoms with Crippen molar-refractivity contribution < 1.29 is 4.79 Å².